The third kappa shape index (κ3) is 6.15. The number of carbonyl (C=O) groups is 1. The molecule has 2 N–H and O–H groups in total. The molecular formula is C21H18Cl2N2O3S2. The zero-order chi connectivity index (χ0) is 21.7. The summed E-state index contributed by atoms with van der Waals surface area (Å²) in [5.41, 5.74) is 1.88. The van der Waals surface area contributed by atoms with E-state index in [1.807, 2.05) is 6.92 Å². The number of halogens is 2. The predicted molar refractivity (Wildman–Crippen MR) is 124 cm³/mol. The Morgan fingerprint density at radius 3 is 2.30 bits per heavy atom. The number of amides is 1. The van der Waals surface area contributed by atoms with Crippen molar-refractivity contribution in [1.82, 2.24) is 0 Å². The van der Waals surface area contributed by atoms with Crippen molar-refractivity contribution in [2.45, 2.75) is 16.7 Å². The Bertz CT molecular complexity index is 1150. The van der Waals surface area contributed by atoms with Gasteiger partial charge in [0.2, 0.25) is 5.91 Å². The van der Waals surface area contributed by atoms with Crippen LogP contribution in [-0.4, -0.2) is 20.1 Å². The first-order valence-electron chi connectivity index (χ1n) is 8.80. The molecule has 1 amide bonds. The summed E-state index contributed by atoms with van der Waals surface area (Å²) in [6, 6.07) is 18.3. The molecule has 3 rings (SSSR count). The lowest BCUT2D eigenvalue weighted by Gasteiger charge is -2.10. The van der Waals surface area contributed by atoms with Crippen LogP contribution in [0, 0.1) is 6.92 Å². The molecule has 0 atom stereocenters. The fourth-order valence-electron chi connectivity index (χ4n) is 2.48. The van der Waals surface area contributed by atoms with E-state index in [-0.39, 0.29) is 16.6 Å². The Kier molecular flexibility index (Phi) is 7.31. The van der Waals surface area contributed by atoms with Crippen LogP contribution in [-0.2, 0) is 14.8 Å². The number of sulfonamides is 1. The third-order valence-electron chi connectivity index (χ3n) is 4.01. The largest absolute Gasteiger partial charge is 0.324 e. The van der Waals surface area contributed by atoms with Gasteiger partial charge in [0.25, 0.3) is 10.0 Å². The van der Waals surface area contributed by atoms with Gasteiger partial charge in [-0.15, -0.1) is 11.8 Å². The van der Waals surface area contributed by atoms with Crippen molar-refractivity contribution in [2.24, 2.45) is 0 Å². The minimum Gasteiger partial charge on any atom is -0.324 e. The van der Waals surface area contributed by atoms with Crippen molar-refractivity contribution in [1.29, 1.82) is 0 Å². The average Bonchev–Trinajstić information content (AvgIpc) is 2.70. The first kappa shape index (κ1) is 22.5. The first-order chi connectivity index (χ1) is 14.2. The summed E-state index contributed by atoms with van der Waals surface area (Å²) in [5.74, 6) is -0.0644. The van der Waals surface area contributed by atoms with Gasteiger partial charge in [0.1, 0.15) is 0 Å². The van der Waals surface area contributed by atoms with Gasteiger partial charge in [-0.2, -0.15) is 0 Å². The predicted octanol–water partition coefficient (Wildman–Crippen LogP) is 5.83. The molecule has 156 valence electrons. The second kappa shape index (κ2) is 9.75. The molecule has 9 heteroatoms. The molecule has 0 heterocycles. The fourth-order valence-corrected chi connectivity index (χ4v) is 4.57. The summed E-state index contributed by atoms with van der Waals surface area (Å²) in [5, 5.41) is 3.60. The lowest BCUT2D eigenvalue weighted by molar-refractivity contribution is -0.113. The third-order valence-corrected chi connectivity index (χ3v) is 6.98. The van der Waals surface area contributed by atoms with Crippen LogP contribution >= 0.6 is 35.0 Å². The zero-order valence-electron chi connectivity index (χ0n) is 15.9. The highest BCUT2D eigenvalue weighted by Gasteiger charge is 2.14. The van der Waals surface area contributed by atoms with E-state index in [0.717, 1.165) is 10.5 Å². The van der Waals surface area contributed by atoms with Gasteiger partial charge in [0.05, 0.1) is 21.4 Å². The van der Waals surface area contributed by atoms with E-state index in [1.54, 1.807) is 66.7 Å². The Morgan fingerprint density at radius 2 is 1.63 bits per heavy atom. The number of hydrogen-bond donors (Lipinski definition) is 2. The maximum Gasteiger partial charge on any atom is 0.261 e. The van der Waals surface area contributed by atoms with Crippen molar-refractivity contribution in [2.75, 3.05) is 15.8 Å². The van der Waals surface area contributed by atoms with Crippen molar-refractivity contribution >= 4 is 62.3 Å². The topological polar surface area (TPSA) is 75.3 Å². The van der Waals surface area contributed by atoms with Gasteiger partial charge in [-0.1, -0.05) is 40.9 Å². The molecule has 0 spiro atoms. The molecule has 0 saturated carbocycles. The highest BCUT2D eigenvalue weighted by Crippen LogP contribution is 2.26. The molecule has 0 aliphatic heterocycles. The monoisotopic (exact) mass is 480 g/mol. The summed E-state index contributed by atoms with van der Waals surface area (Å²) < 4.78 is 27.4. The maximum atomic E-state index is 12.4. The van der Waals surface area contributed by atoms with Gasteiger partial charge < -0.3 is 5.32 Å². The van der Waals surface area contributed by atoms with Crippen molar-refractivity contribution in [3.63, 3.8) is 0 Å². The van der Waals surface area contributed by atoms with E-state index in [1.165, 1.54) is 11.8 Å². The van der Waals surface area contributed by atoms with E-state index < -0.39 is 10.0 Å². The van der Waals surface area contributed by atoms with Gasteiger partial charge in [0, 0.05) is 15.6 Å². The Morgan fingerprint density at radius 1 is 0.967 bits per heavy atom. The number of hydrogen-bond acceptors (Lipinski definition) is 4. The molecule has 30 heavy (non-hydrogen) atoms. The molecule has 0 bridgehead atoms. The molecule has 5 nitrogen and oxygen atoms in total. The van der Waals surface area contributed by atoms with E-state index in [0.29, 0.717) is 21.4 Å². The SMILES string of the molecule is Cc1ccc(S(=O)(=O)Nc2ccc(SCC(=O)Nc3cc(Cl)ccc3Cl)cc2)cc1. The second-order valence-corrected chi connectivity index (χ2v) is 9.98. The minimum absolute atomic E-state index is 0.164. The normalized spacial score (nSPS) is 11.2. The number of anilines is 2. The van der Waals surface area contributed by atoms with Crippen LogP contribution < -0.4 is 10.0 Å². The standard InChI is InChI=1S/C21H18Cl2N2O3S2/c1-14-2-9-18(10-3-14)30(27,28)25-16-5-7-17(8-6-16)29-13-21(26)24-20-12-15(22)4-11-19(20)23/h2-12,25H,13H2,1H3,(H,24,26). The van der Waals surface area contributed by atoms with Crippen LogP contribution in [0.2, 0.25) is 10.0 Å². The molecule has 0 fully saturated rings. The van der Waals surface area contributed by atoms with Crippen molar-refractivity contribution in [3.05, 3.63) is 82.3 Å². The smallest absolute Gasteiger partial charge is 0.261 e. The van der Waals surface area contributed by atoms with Crippen LogP contribution in [0.1, 0.15) is 5.56 Å². The molecule has 3 aromatic carbocycles. The summed E-state index contributed by atoms with van der Waals surface area (Å²) in [6.45, 7) is 1.89. The van der Waals surface area contributed by atoms with Gasteiger partial charge in [-0.05, 0) is 61.5 Å². The molecule has 0 radical (unpaired) electrons. The van der Waals surface area contributed by atoms with Gasteiger partial charge in [0.15, 0.2) is 0 Å². The highest BCUT2D eigenvalue weighted by atomic mass is 35.5. The lowest BCUT2D eigenvalue weighted by Crippen LogP contribution is -2.14. The van der Waals surface area contributed by atoms with Crippen LogP contribution in [0.5, 0.6) is 0 Å². The molecule has 0 saturated heterocycles. The number of carbonyl (C=O) groups excluding carboxylic acids is 1. The summed E-state index contributed by atoms with van der Waals surface area (Å²) in [6.07, 6.45) is 0. The van der Waals surface area contributed by atoms with Crippen LogP contribution in [0.3, 0.4) is 0 Å². The Labute approximate surface area is 189 Å². The number of benzene rings is 3. The summed E-state index contributed by atoms with van der Waals surface area (Å²) in [7, 11) is -3.66. The molecule has 0 aliphatic rings. The second-order valence-electron chi connectivity index (χ2n) is 6.40. The zero-order valence-corrected chi connectivity index (χ0v) is 19.0. The van der Waals surface area contributed by atoms with Crippen molar-refractivity contribution in [3.8, 4) is 0 Å². The first-order valence-corrected chi connectivity index (χ1v) is 12.0. The summed E-state index contributed by atoms with van der Waals surface area (Å²) in [4.78, 5) is 13.2. The Balaban J connectivity index is 1.57. The van der Waals surface area contributed by atoms with E-state index in [2.05, 4.69) is 10.0 Å². The molecule has 0 aromatic heterocycles. The number of aryl methyl sites for hydroxylation is 1. The van der Waals surface area contributed by atoms with Gasteiger partial charge in [-0.3, -0.25) is 9.52 Å². The van der Waals surface area contributed by atoms with Crippen molar-refractivity contribution < 1.29 is 13.2 Å². The van der Waals surface area contributed by atoms with Gasteiger partial charge >= 0.3 is 0 Å². The van der Waals surface area contributed by atoms with E-state index >= 15 is 0 Å². The molecule has 0 unspecified atom stereocenters. The van der Waals surface area contributed by atoms with E-state index in [9.17, 15) is 13.2 Å². The average molecular weight is 481 g/mol. The Hall–Kier alpha value is -2.19. The molecule has 0 aliphatic carbocycles. The lowest BCUT2D eigenvalue weighted by atomic mass is 10.2. The number of thioether (sulfide) groups is 1. The highest BCUT2D eigenvalue weighted by molar-refractivity contribution is 8.00. The number of rotatable bonds is 7. The summed E-state index contributed by atoms with van der Waals surface area (Å²) >= 11 is 13.3. The minimum atomic E-state index is -3.66. The van der Waals surface area contributed by atoms with Crippen LogP contribution in [0.25, 0.3) is 0 Å². The fraction of sp³-hybridized carbons (Fsp3) is 0.0952. The number of nitrogens with one attached hydrogen (secondary N) is 2. The quantitative estimate of drug-likeness (QED) is 0.416. The van der Waals surface area contributed by atoms with Crippen LogP contribution in [0.15, 0.2) is 76.5 Å². The van der Waals surface area contributed by atoms with Crippen LogP contribution in [0.4, 0.5) is 11.4 Å². The molecule has 3 aromatic rings. The van der Waals surface area contributed by atoms with E-state index in [4.69, 9.17) is 23.2 Å². The van der Waals surface area contributed by atoms with Gasteiger partial charge in [-0.25, -0.2) is 8.42 Å². The molecular weight excluding hydrogens is 463 g/mol. The maximum absolute atomic E-state index is 12.4.